The SMILES string of the molecule is CCCCn1c(=O)n(CCCn2nnc(CCc3ccccc3)n2)c(=O)c2[nH]c(C)nc21. The number of unbranched alkanes of at least 4 members (excludes halogenated alkanes) is 1. The van der Waals surface area contributed by atoms with Gasteiger partial charge in [-0.05, 0) is 37.0 Å². The van der Waals surface area contributed by atoms with E-state index in [1.807, 2.05) is 18.2 Å². The van der Waals surface area contributed by atoms with E-state index in [2.05, 4.69) is 44.4 Å². The highest BCUT2D eigenvalue weighted by atomic mass is 16.2. The Labute approximate surface area is 184 Å². The molecule has 0 radical (unpaired) electrons. The zero-order valence-electron chi connectivity index (χ0n) is 18.5. The highest BCUT2D eigenvalue weighted by Crippen LogP contribution is 2.07. The number of H-pyrrole nitrogens is 1. The highest BCUT2D eigenvalue weighted by molar-refractivity contribution is 5.69. The lowest BCUT2D eigenvalue weighted by Crippen LogP contribution is -2.40. The fourth-order valence-electron chi connectivity index (χ4n) is 3.74. The van der Waals surface area contributed by atoms with Crippen molar-refractivity contribution in [2.24, 2.45) is 0 Å². The van der Waals surface area contributed by atoms with Crippen molar-refractivity contribution in [1.82, 2.24) is 39.3 Å². The van der Waals surface area contributed by atoms with Crippen molar-refractivity contribution >= 4 is 11.2 Å². The molecule has 0 bridgehead atoms. The number of benzene rings is 1. The fourth-order valence-corrected chi connectivity index (χ4v) is 3.74. The first-order chi connectivity index (χ1) is 15.6. The van der Waals surface area contributed by atoms with Gasteiger partial charge < -0.3 is 4.98 Å². The summed E-state index contributed by atoms with van der Waals surface area (Å²) in [6.07, 6.45) is 3.88. The number of nitrogens with one attached hydrogen (secondary N) is 1. The molecule has 0 unspecified atom stereocenters. The van der Waals surface area contributed by atoms with Gasteiger partial charge in [0.15, 0.2) is 11.5 Å². The molecule has 0 aliphatic rings. The molecule has 168 valence electrons. The van der Waals surface area contributed by atoms with Crippen molar-refractivity contribution < 1.29 is 0 Å². The van der Waals surface area contributed by atoms with Crippen LogP contribution in [0.15, 0.2) is 39.9 Å². The van der Waals surface area contributed by atoms with Crippen molar-refractivity contribution in [2.75, 3.05) is 0 Å². The van der Waals surface area contributed by atoms with Crippen LogP contribution in [0.2, 0.25) is 0 Å². The van der Waals surface area contributed by atoms with E-state index in [0.29, 0.717) is 48.7 Å². The monoisotopic (exact) mass is 436 g/mol. The number of rotatable bonds is 10. The minimum atomic E-state index is -0.339. The van der Waals surface area contributed by atoms with Gasteiger partial charge in [-0.1, -0.05) is 43.7 Å². The number of imidazole rings is 1. The summed E-state index contributed by atoms with van der Waals surface area (Å²) in [5.74, 6) is 1.30. The molecular weight excluding hydrogens is 408 g/mol. The number of tetrazole rings is 1. The predicted octanol–water partition coefficient (Wildman–Crippen LogP) is 1.86. The summed E-state index contributed by atoms with van der Waals surface area (Å²) in [4.78, 5) is 34.8. The zero-order valence-corrected chi connectivity index (χ0v) is 18.5. The van der Waals surface area contributed by atoms with Crippen molar-refractivity contribution in [3.05, 3.63) is 68.4 Å². The van der Waals surface area contributed by atoms with Gasteiger partial charge in [0.25, 0.3) is 5.56 Å². The molecule has 3 heterocycles. The smallest absolute Gasteiger partial charge is 0.332 e. The molecule has 32 heavy (non-hydrogen) atoms. The quantitative estimate of drug-likeness (QED) is 0.406. The molecule has 0 saturated carbocycles. The first-order valence-corrected chi connectivity index (χ1v) is 11.1. The van der Waals surface area contributed by atoms with E-state index in [0.717, 1.165) is 19.3 Å². The number of nitrogens with zero attached hydrogens (tertiary/aromatic N) is 7. The second-order valence-electron chi connectivity index (χ2n) is 7.91. The van der Waals surface area contributed by atoms with Gasteiger partial charge >= 0.3 is 5.69 Å². The first-order valence-electron chi connectivity index (χ1n) is 11.1. The van der Waals surface area contributed by atoms with Gasteiger partial charge in [-0.15, -0.1) is 10.2 Å². The van der Waals surface area contributed by atoms with E-state index < -0.39 is 0 Å². The number of hydrogen-bond donors (Lipinski definition) is 1. The van der Waals surface area contributed by atoms with Gasteiger partial charge in [-0.3, -0.25) is 13.9 Å². The van der Waals surface area contributed by atoms with Crippen LogP contribution in [0.1, 0.15) is 43.4 Å². The maximum Gasteiger partial charge on any atom is 0.332 e. The fraction of sp³-hybridized carbons (Fsp3) is 0.455. The third-order valence-electron chi connectivity index (χ3n) is 5.43. The van der Waals surface area contributed by atoms with E-state index in [4.69, 9.17) is 0 Å². The summed E-state index contributed by atoms with van der Waals surface area (Å²) >= 11 is 0. The molecule has 1 N–H and O–H groups in total. The van der Waals surface area contributed by atoms with Crippen LogP contribution in [0.25, 0.3) is 11.2 Å². The summed E-state index contributed by atoms with van der Waals surface area (Å²) < 4.78 is 2.88. The van der Waals surface area contributed by atoms with Crippen LogP contribution in [0.3, 0.4) is 0 Å². The maximum atomic E-state index is 13.0. The average Bonchev–Trinajstić information content (AvgIpc) is 3.42. The Balaban J connectivity index is 1.44. The van der Waals surface area contributed by atoms with Crippen LogP contribution in [-0.4, -0.2) is 39.3 Å². The molecule has 0 spiro atoms. The number of fused-ring (bicyclic) bond motifs is 1. The second-order valence-corrected chi connectivity index (χ2v) is 7.91. The second kappa shape index (κ2) is 9.71. The van der Waals surface area contributed by atoms with Crippen molar-refractivity contribution in [2.45, 2.75) is 65.6 Å². The van der Waals surface area contributed by atoms with Gasteiger partial charge in [-0.25, -0.2) is 9.78 Å². The summed E-state index contributed by atoms with van der Waals surface area (Å²) in [5, 5.41) is 12.6. The molecule has 1 aromatic carbocycles. The van der Waals surface area contributed by atoms with E-state index >= 15 is 0 Å². The number of aromatic nitrogens is 8. The summed E-state index contributed by atoms with van der Waals surface area (Å²) in [6, 6.07) is 10.2. The number of aromatic amines is 1. The number of hydrogen-bond acceptors (Lipinski definition) is 6. The van der Waals surface area contributed by atoms with E-state index in [1.165, 1.54) is 14.9 Å². The Kier molecular flexibility index (Phi) is 6.58. The Hall–Kier alpha value is -3.56. The molecule has 4 aromatic rings. The Morgan fingerprint density at radius 1 is 0.969 bits per heavy atom. The molecule has 4 rings (SSSR count). The van der Waals surface area contributed by atoms with Gasteiger partial charge in [0, 0.05) is 19.5 Å². The molecule has 0 atom stereocenters. The molecule has 0 amide bonds. The summed E-state index contributed by atoms with van der Waals surface area (Å²) in [7, 11) is 0. The Morgan fingerprint density at radius 3 is 2.53 bits per heavy atom. The Bertz CT molecular complexity index is 1300. The third-order valence-corrected chi connectivity index (χ3v) is 5.43. The normalized spacial score (nSPS) is 11.4. The largest absolute Gasteiger partial charge is 0.336 e. The van der Waals surface area contributed by atoms with Gasteiger partial charge in [0.05, 0.1) is 6.54 Å². The molecule has 0 aliphatic carbocycles. The lowest BCUT2D eigenvalue weighted by molar-refractivity contribution is 0.451. The first kappa shape index (κ1) is 21.7. The van der Waals surface area contributed by atoms with Gasteiger partial charge in [0.2, 0.25) is 0 Å². The minimum Gasteiger partial charge on any atom is -0.336 e. The van der Waals surface area contributed by atoms with Crippen molar-refractivity contribution in [3.8, 4) is 0 Å². The maximum absolute atomic E-state index is 13.0. The highest BCUT2D eigenvalue weighted by Gasteiger charge is 2.16. The Morgan fingerprint density at radius 2 is 1.75 bits per heavy atom. The van der Waals surface area contributed by atoms with Crippen LogP contribution in [0, 0.1) is 6.92 Å². The molecule has 3 aromatic heterocycles. The van der Waals surface area contributed by atoms with E-state index in [1.54, 1.807) is 11.5 Å². The van der Waals surface area contributed by atoms with Crippen LogP contribution in [0.4, 0.5) is 0 Å². The van der Waals surface area contributed by atoms with Gasteiger partial charge in [0.1, 0.15) is 11.3 Å². The lowest BCUT2D eigenvalue weighted by Gasteiger charge is -2.10. The standard InChI is InChI=1S/C22H28N8O2/c1-3-4-13-28-20-19(23-16(2)24-20)21(31)29(22(28)32)14-8-15-30-26-18(25-27-30)12-11-17-9-6-5-7-10-17/h5-7,9-10H,3-4,8,11-15H2,1-2H3,(H,23,24). The molecule has 0 aliphatic heterocycles. The molecular formula is C22H28N8O2. The lowest BCUT2D eigenvalue weighted by atomic mass is 10.1. The van der Waals surface area contributed by atoms with Crippen LogP contribution < -0.4 is 11.2 Å². The van der Waals surface area contributed by atoms with E-state index in [-0.39, 0.29) is 17.8 Å². The molecule has 10 nitrogen and oxygen atoms in total. The molecule has 0 saturated heterocycles. The number of aryl methyl sites for hydroxylation is 5. The summed E-state index contributed by atoms with van der Waals surface area (Å²) in [6.45, 7) is 5.13. The van der Waals surface area contributed by atoms with Crippen LogP contribution >= 0.6 is 0 Å². The minimum absolute atomic E-state index is 0.276. The van der Waals surface area contributed by atoms with Crippen LogP contribution in [0.5, 0.6) is 0 Å². The third kappa shape index (κ3) is 4.68. The van der Waals surface area contributed by atoms with Crippen molar-refractivity contribution in [3.63, 3.8) is 0 Å². The molecule has 10 heteroatoms. The van der Waals surface area contributed by atoms with Crippen LogP contribution in [-0.2, 0) is 32.5 Å². The van der Waals surface area contributed by atoms with E-state index in [9.17, 15) is 9.59 Å². The predicted molar refractivity (Wildman–Crippen MR) is 121 cm³/mol. The topological polar surface area (TPSA) is 116 Å². The zero-order chi connectivity index (χ0) is 22.5. The average molecular weight is 437 g/mol. The molecule has 0 fully saturated rings. The van der Waals surface area contributed by atoms with Gasteiger partial charge in [-0.2, -0.15) is 4.80 Å². The van der Waals surface area contributed by atoms with Crippen molar-refractivity contribution in [1.29, 1.82) is 0 Å². The summed E-state index contributed by atoms with van der Waals surface area (Å²) in [5.41, 5.74) is 1.38.